The highest BCUT2D eigenvalue weighted by Crippen LogP contribution is 2.19. The zero-order valence-electron chi connectivity index (χ0n) is 12.3. The summed E-state index contributed by atoms with van der Waals surface area (Å²) in [4.78, 5) is 27.6. The van der Waals surface area contributed by atoms with Gasteiger partial charge in [-0.05, 0) is 13.8 Å². The smallest absolute Gasteiger partial charge is 0.323 e. The fourth-order valence-electron chi connectivity index (χ4n) is 2.40. The molecule has 0 aliphatic heterocycles. The molecule has 0 atom stereocenters. The maximum absolute atomic E-state index is 12.1. The predicted octanol–water partition coefficient (Wildman–Crippen LogP) is 1.86. The number of aliphatic carboxylic acids is 1. The van der Waals surface area contributed by atoms with Crippen LogP contribution in [0.25, 0.3) is 17.0 Å². The molecule has 0 aliphatic rings. The third-order valence-electron chi connectivity index (χ3n) is 3.56. The lowest BCUT2D eigenvalue weighted by molar-refractivity contribution is -0.137. The largest absolute Gasteiger partial charge is 0.480 e. The molecule has 0 radical (unpaired) electrons. The topological polar surface area (TPSA) is 76.6 Å². The van der Waals surface area contributed by atoms with E-state index in [-0.39, 0.29) is 12.1 Å². The van der Waals surface area contributed by atoms with Gasteiger partial charge in [0.05, 0.1) is 5.69 Å². The molecule has 0 fully saturated rings. The van der Waals surface area contributed by atoms with Gasteiger partial charge in [0.1, 0.15) is 6.54 Å². The number of imidazole rings is 1. The maximum Gasteiger partial charge on any atom is 0.323 e. The molecule has 0 aliphatic carbocycles. The van der Waals surface area contributed by atoms with Crippen LogP contribution in [0.4, 0.5) is 0 Å². The van der Waals surface area contributed by atoms with Gasteiger partial charge in [0, 0.05) is 23.5 Å². The first-order valence-corrected chi connectivity index (χ1v) is 6.84. The van der Waals surface area contributed by atoms with E-state index in [4.69, 9.17) is 5.11 Å². The first kappa shape index (κ1) is 14.1. The van der Waals surface area contributed by atoms with Crippen molar-refractivity contribution >= 4 is 11.7 Å². The number of rotatable bonds is 3. The molecular weight excluding hydrogens is 282 g/mol. The lowest BCUT2D eigenvalue weighted by Crippen LogP contribution is -2.21. The number of carboxylic acids is 1. The van der Waals surface area contributed by atoms with Crippen molar-refractivity contribution in [1.82, 2.24) is 14.0 Å². The molecule has 112 valence electrons. The third kappa shape index (κ3) is 2.39. The van der Waals surface area contributed by atoms with E-state index in [1.807, 2.05) is 31.2 Å². The molecule has 3 aromatic rings. The van der Waals surface area contributed by atoms with Gasteiger partial charge in [-0.2, -0.15) is 0 Å². The minimum atomic E-state index is -0.978. The van der Waals surface area contributed by atoms with Crippen molar-refractivity contribution in [2.45, 2.75) is 20.4 Å². The van der Waals surface area contributed by atoms with Crippen LogP contribution in [0.3, 0.4) is 0 Å². The van der Waals surface area contributed by atoms with Crippen LogP contribution in [-0.4, -0.2) is 25.0 Å². The molecular formula is C16H15N3O3. The molecule has 0 saturated heterocycles. The Hall–Kier alpha value is -2.89. The van der Waals surface area contributed by atoms with Crippen LogP contribution in [0.2, 0.25) is 0 Å². The summed E-state index contributed by atoms with van der Waals surface area (Å²) in [6.07, 6.45) is 1.64. The third-order valence-corrected chi connectivity index (χ3v) is 3.56. The minimum absolute atomic E-state index is 0.222. The summed E-state index contributed by atoms with van der Waals surface area (Å²) in [5.74, 6) is -0.642. The van der Waals surface area contributed by atoms with Gasteiger partial charge in [-0.15, -0.1) is 0 Å². The fourth-order valence-corrected chi connectivity index (χ4v) is 2.40. The molecule has 0 unspecified atom stereocenters. The summed E-state index contributed by atoms with van der Waals surface area (Å²) in [5, 5.41) is 9.04. The van der Waals surface area contributed by atoms with E-state index < -0.39 is 5.97 Å². The van der Waals surface area contributed by atoms with Gasteiger partial charge in [0.25, 0.3) is 5.56 Å². The van der Waals surface area contributed by atoms with Gasteiger partial charge < -0.3 is 9.67 Å². The number of nitrogens with zero attached hydrogens (tertiary/aromatic N) is 3. The molecule has 6 heteroatoms. The van der Waals surface area contributed by atoms with Gasteiger partial charge in [-0.3, -0.25) is 14.0 Å². The Morgan fingerprint density at radius 1 is 1.23 bits per heavy atom. The van der Waals surface area contributed by atoms with Crippen LogP contribution in [-0.2, 0) is 11.3 Å². The van der Waals surface area contributed by atoms with Gasteiger partial charge >= 0.3 is 5.97 Å². The molecule has 0 amide bonds. The molecule has 2 aromatic heterocycles. The molecule has 1 aromatic carbocycles. The Morgan fingerprint density at radius 2 is 1.91 bits per heavy atom. The van der Waals surface area contributed by atoms with Crippen molar-refractivity contribution in [3.63, 3.8) is 0 Å². The standard InChI is InChI=1S/C16H15N3O3/c1-10-3-5-12(6-4-10)13-8-19-14(20)7-11(2)18(9-15(21)22)16(19)17-13/h3-8H,9H2,1-2H3,(H,21,22). The first-order chi connectivity index (χ1) is 10.5. The highest BCUT2D eigenvalue weighted by Gasteiger charge is 2.13. The zero-order chi connectivity index (χ0) is 15.9. The van der Waals surface area contributed by atoms with Gasteiger partial charge in [-0.1, -0.05) is 29.8 Å². The zero-order valence-corrected chi connectivity index (χ0v) is 12.3. The average Bonchev–Trinajstić information content (AvgIpc) is 2.89. The summed E-state index contributed by atoms with van der Waals surface area (Å²) in [7, 11) is 0. The number of aromatic nitrogens is 3. The van der Waals surface area contributed by atoms with Crippen molar-refractivity contribution in [2.24, 2.45) is 0 Å². The average molecular weight is 297 g/mol. The van der Waals surface area contributed by atoms with Gasteiger partial charge in [0.2, 0.25) is 5.78 Å². The summed E-state index contributed by atoms with van der Waals surface area (Å²) in [5.41, 5.74) is 3.00. The molecule has 3 rings (SSSR count). The second-order valence-electron chi connectivity index (χ2n) is 5.27. The van der Waals surface area contributed by atoms with Crippen LogP contribution >= 0.6 is 0 Å². The fraction of sp³-hybridized carbons (Fsp3) is 0.188. The predicted molar refractivity (Wildman–Crippen MR) is 82.0 cm³/mol. The van der Waals surface area contributed by atoms with Gasteiger partial charge in [-0.25, -0.2) is 4.98 Å². The van der Waals surface area contributed by atoms with Gasteiger partial charge in [0.15, 0.2) is 0 Å². The van der Waals surface area contributed by atoms with E-state index in [1.165, 1.54) is 15.0 Å². The number of carbonyl (C=O) groups is 1. The first-order valence-electron chi connectivity index (χ1n) is 6.84. The summed E-state index contributed by atoms with van der Waals surface area (Å²) in [6.45, 7) is 3.46. The number of carboxylic acid groups (broad SMARTS) is 1. The molecule has 2 heterocycles. The van der Waals surface area contributed by atoms with Crippen LogP contribution < -0.4 is 5.56 Å². The van der Waals surface area contributed by atoms with E-state index in [2.05, 4.69) is 4.98 Å². The SMILES string of the molecule is Cc1ccc(-c2cn3c(=O)cc(C)n(CC(=O)O)c3n2)cc1. The molecule has 1 N–H and O–H groups in total. The number of aryl methyl sites for hydroxylation is 2. The molecule has 0 saturated carbocycles. The van der Waals surface area contributed by atoms with Crippen LogP contribution in [0.15, 0.2) is 41.3 Å². The Bertz CT molecular complexity index is 920. The van der Waals surface area contributed by atoms with E-state index >= 15 is 0 Å². The number of benzene rings is 1. The quantitative estimate of drug-likeness (QED) is 0.800. The molecule has 22 heavy (non-hydrogen) atoms. The highest BCUT2D eigenvalue weighted by atomic mass is 16.4. The Kier molecular flexibility index (Phi) is 3.29. The van der Waals surface area contributed by atoms with Crippen LogP contribution in [0.1, 0.15) is 11.3 Å². The summed E-state index contributed by atoms with van der Waals surface area (Å²) < 4.78 is 2.90. The number of hydrogen-bond donors (Lipinski definition) is 1. The number of fused-ring (bicyclic) bond motifs is 1. The summed E-state index contributed by atoms with van der Waals surface area (Å²) in [6, 6.07) is 9.20. The summed E-state index contributed by atoms with van der Waals surface area (Å²) >= 11 is 0. The monoisotopic (exact) mass is 297 g/mol. The van der Waals surface area contributed by atoms with E-state index in [0.29, 0.717) is 17.2 Å². The van der Waals surface area contributed by atoms with Crippen molar-refractivity contribution in [3.8, 4) is 11.3 Å². The lowest BCUT2D eigenvalue weighted by atomic mass is 10.1. The maximum atomic E-state index is 12.1. The van der Waals surface area contributed by atoms with E-state index in [1.54, 1.807) is 13.1 Å². The minimum Gasteiger partial charge on any atom is -0.480 e. The van der Waals surface area contributed by atoms with Crippen molar-refractivity contribution < 1.29 is 9.90 Å². The van der Waals surface area contributed by atoms with Crippen LogP contribution in [0, 0.1) is 13.8 Å². The second-order valence-corrected chi connectivity index (χ2v) is 5.27. The lowest BCUT2D eigenvalue weighted by Gasteiger charge is -2.08. The second kappa shape index (κ2) is 5.14. The molecule has 0 bridgehead atoms. The highest BCUT2D eigenvalue weighted by molar-refractivity contribution is 5.68. The Labute approximate surface area is 126 Å². The normalized spacial score (nSPS) is 11.0. The van der Waals surface area contributed by atoms with Crippen molar-refractivity contribution in [1.29, 1.82) is 0 Å². The molecule has 0 spiro atoms. The van der Waals surface area contributed by atoms with E-state index in [9.17, 15) is 9.59 Å². The van der Waals surface area contributed by atoms with Crippen molar-refractivity contribution in [2.75, 3.05) is 0 Å². The van der Waals surface area contributed by atoms with E-state index in [0.717, 1.165) is 11.1 Å². The Balaban J connectivity index is 2.24. The van der Waals surface area contributed by atoms with Crippen LogP contribution in [0.5, 0.6) is 0 Å². The molecule has 6 nitrogen and oxygen atoms in total. The Morgan fingerprint density at radius 3 is 2.55 bits per heavy atom. The van der Waals surface area contributed by atoms with Crippen molar-refractivity contribution in [3.05, 3.63) is 58.1 Å². The number of hydrogen-bond acceptors (Lipinski definition) is 3.